The monoisotopic (exact) mass is 298 g/mol. The van der Waals surface area contributed by atoms with Crippen LogP contribution < -0.4 is 5.32 Å². The molecule has 1 amide bonds. The average Bonchev–Trinajstić information content (AvgIpc) is 2.66. The van der Waals surface area contributed by atoms with Crippen molar-refractivity contribution in [3.8, 4) is 6.07 Å². The van der Waals surface area contributed by atoms with Gasteiger partial charge in [-0.2, -0.15) is 10.4 Å². The third kappa shape index (κ3) is 2.41. The number of fused-ring (bicyclic) bond motifs is 1. The van der Waals surface area contributed by atoms with E-state index in [-0.39, 0.29) is 11.2 Å². The lowest BCUT2D eigenvalue weighted by atomic mass is 10.0. The summed E-state index contributed by atoms with van der Waals surface area (Å²) in [6, 6.07) is 9.63. The molecule has 106 valence electrons. The molecule has 2 aromatic rings. The van der Waals surface area contributed by atoms with Gasteiger partial charge in [0.05, 0.1) is 28.3 Å². The number of anilines is 1. The number of benzene rings is 1. The molecule has 1 unspecified atom stereocenters. The summed E-state index contributed by atoms with van der Waals surface area (Å²) < 4.78 is 1.71. The Labute approximate surface area is 127 Å². The highest BCUT2D eigenvalue weighted by Gasteiger charge is 2.29. The quantitative estimate of drug-likeness (QED) is 0.877. The summed E-state index contributed by atoms with van der Waals surface area (Å²) >= 11 is 1.58. The zero-order chi connectivity index (χ0) is 15.0. The van der Waals surface area contributed by atoms with E-state index in [1.807, 2.05) is 26.1 Å². The van der Waals surface area contributed by atoms with Crippen molar-refractivity contribution < 1.29 is 4.79 Å². The first-order chi connectivity index (χ1) is 10.1. The molecule has 1 aromatic heterocycles. The molecule has 0 fully saturated rings. The first-order valence-corrected chi connectivity index (χ1v) is 7.60. The molecule has 5 nitrogen and oxygen atoms in total. The lowest BCUT2D eigenvalue weighted by Crippen LogP contribution is -2.15. The second kappa shape index (κ2) is 5.26. The number of aryl methyl sites for hydroxylation is 2. The SMILES string of the molecule is Cc1nn(C)c2c1C(c1ccc(C#N)cc1)SCC(=O)N2. The number of rotatable bonds is 1. The van der Waals surface area contributed by atoms with Crippen molar-refractivity contribution in [2.24, 2.45) is 7.05 Å². The summed E-state index contributed by atoms with van der Waals surface area (Å²) in [5.41, 5.74) is 3.66. The highest BCUT2D eigenvalue weighted by molar-refractivity contribution is 8.00. The number of carbonyl (C=O) groups is 1. The molecule has 1 N–H and O–H groups in total. The fourth-order valence-electron chi connectivity index (χ4n) is 2.54. The summed E-state index contributed by atoms with van der Waals surface area (Å²) in [6.45, 7) is 1.95. The van der Waals surface area contributed by atoms with E-state index in [1.165, 1.54) is 0 Å². The van der Waals surface area contributed by atoms with Crippen LogP contribution in [0.4, 0.5) is 5.82 Å². The largest absolute Gasteiger partial charge is 0.310 e. The van der Waals surface area contributed by atoms with E-state index in [2.05, 4.69) is 16.5 Å². The Morgan fingerprint density at radius 3 is 2.81 bits per heavy atom. The van der Waals surface area contributed by atoms with Crippen molar-refractivity contribution in [3.63, 3.8) is 0 Å². The van der Waals surface area contributed by atoms with Gasteiger partial charge in [-0.25, -0.2) is 0 Å². The van der Waals surface area contributed by atoms with Crippen LogP contribution in [0.3, 0.4) is 0 Å². The number of aromatic nitrogens is 2. The van der Waals surface area contributed by atoms with Gasteiger partial charge >= 0.3 is 0 Å². The normalized spacial score (nSPS) is 17.6. The van der Waals surface area contributed by atoms with Crippen LogP contribution in [0, 0.1) is 18.3 Å². The van der Waals surface area contributed by atoms with E-state index < -0.39 is 0 Å². The van der Waals surface area contributed by atoms with Crippen LogP contribution in [0.25, 0.3) is 0 Å². The molecule has 1 aliphatic heterocycles. The van der Waals surface area contributed by atoms with Gasteiger partial charge in [-0.3, -0.25) is 9.48 Å². The van der Waals surface area contributed by atoms with Crippen LogP contribution in [0.5, 0.6) is 0 Å². The number of carbonyl (C=O) groups excluding carboxylic acids is 1. The van der Waals surface area contributed by atoms with Crippen molar-refractivity contribution in [2.75, 3.05) is 11.1 Å². The molecule has 0 radical (unpaired) electrons. The molecule has 0 saturated heterocycles. The molecule has 0 aliphatic carbocycles. The van der Waals surface area contributed by atoms with E-state index in [9.17, 15) is 4.79 Å². The van der Waals surface area contributed by atoms with Crippen LogP contribution in [0.1, 0.15) is 27.6 Å². The van der Waals surface area contributed by atoms with Gasteiger partial charge in [0.2, 0.25) is 5.91 Å². The highest BCUT2D eigenvalue weighted by atomic mass is 32.2. The minimum absolute atomic E-state index is 0.0135. The number of nitrogens with zero attached hydrogens (tertiary/aromatic N) is 3. The van der Waals surface area contributed by atoms with Gasteiger partial charge in [-0.15, -0.1) is 11.8 Å². The summed E-state index contributed by atoms with van der Waals surface area (Å²) in [5.74, 6) is 1.15. The molecule has 3 rings (SSSR count). The van der Waals surface area contributed by atoms with Crippen LogP contribution in [0.2, 0.25) is 0 Å². The van der Waals surface area contributed by atoms with E-state index in [4.69, 9.17) is 5.26 Å². The van der Waals surface area contributed by atoms with Crippen LogP contribution in [-0.4, -0.2) is 21.4 Å². The molecule has 1 aliphatic rings. The number of amides is 1. The van der Waals surface area contributed by atoms with Crippen LogP contribution >= 0.6 is 11.8 Å². The summed E-state index contributed by atoms with van der Waals surface area (Å²) in [5, 5.41) is 16.3. The maximum absolute atomic E-state index is 11.9. The third-order valence-electron chi connectivity index (χ3n) is 3.51. The minimum Gasteiger partial charge on any atom is -0.310 e. The molecule has 21 heavy (non-hydrogen) atoms. The smallest absolute Gasteiger partial charge is 0.235 e. The molecule has 0 saturated carbocycles. The first-order valence-electron chi connectivity index (χ1n) is 6.55. The molecule has 0 bridgehead atoms. The molecular formula is C15H14N4OS. The molecular weight excluding hydrogens is 284 g/mol. The van der Waals surface area contributed by atoms with E-state index >= 15 is 0 Å². The summed E-state index contributed by atoms with van der Waals surface area (Å²) in [4.78, 5) is 11.9. The lowest BCUT2D eigenvalue weighted by Gasteiger charge is -2.15. The van der Waals surface area contributed by atoms with Crippen LogP contribution in [-0.2, 0) is 11.8 Å². The van der Waals surface area contributed by atoms with E-state index in [0.717, 1.165) is 22.6 Å². The van der Waals surface area contributed by atoms with Crippen molar-refractivity contribution in [2.45, 2.75) is 12.2 Å². The molecule has 1 aromatic carbocycles. The fourth-order valence-corrected chi connectivity index (χ4v) is 3.73. The van der Waals surface area contributed by atoms with Gasteiger partial charge in [0.25, 0.3) is 0 Å². The van der Waals surface area contributed by atoms with Gasteiger partial charge < -0.3 is 5.32 Å². The predicted molar refractivity (Wildman–Crippen MR) is 82.0 cm³/mol. The number of thioether (sulfide) groups is 1. The third-order valence-corrected chi connectivity index (χ3v) is 4.78. The predicted octanol–water partition coefficient (Wildman–Crippen LogP) is 2.37. The Hall–Kier alpha value is -2.26. The zero-order valence-corrected chi connectivity index (χ0v) is 12.6. The Morgan fingerprint density at radius 2 is 2.14 bits per heavy atom. The van der Waals surface area contributed by atoms with Crippen molar-refractivity contribution in [1.29, 1.82) is 5.26 Å². The van der Waals surface area contributed by atoms with Crippen molar-refractivity contribution in [3.05, 3.63) is 46.6 Å². The summed E-state index contributed by atoms with van der Waals surface area (Å²) in [7, 11) is 1.83. The van der Waals surface area contributed by atoms with E-state index in [0.29, 0.717) is 11.3 Å². The Kier molecular flexibility index (Phi) is 3.43. The number of nitriles is 1. The Balaban J connectivity index is 2.10. The number of nitrogens with one attached hydrogen (secondary N) is 1. The van der Waals surface area contributed by atoms with Crippen molar-refractivity contribution >= 4 is 23.5 Å². The zero-order valence-electron chi connectivity index (χ0n) is 11.8. The van der Waals surface area contributed by atoms with Crippen LogP contribution in [0.15, 0.2) is 24.3 Å². The fraction of sp³-hybridized carbons (Fsp3) is 0.267. The highest BCUT2D eigenvalue weighted by Crippen LogP contribution is 2.42. The van der Waals surface area contributed by atoms with Crippen molar-refractivity contribution in [1.82, 2.24) is 9.78 Å². The van der Waals surface area contributed by atoms with Gasteiger partial charge in [0, 0.05) is 12.6 Å². The molecule has 0 spiro atoms. The Morgan fingerprint density at radius 1 is 1.43 bits per heavy atom. The van der Waals surface area contributed by atoms with Gasteiger partial charge in [-0.05, 0) is 24.6 Å². The number of hydrogen-bond donors (Lipinski definition) is 1. The Bertz CT molecular complexity index is 742. The van der Waals surface area contributed by atoms with Gasteiger partial charge in [0.15, 0.2) is 0 Å². The molecule has 2 heterocycles. The van der Waals surface area contributed by atoms with E-state index in [1.54, 1.807) is 28.6 Å². The topological polar surface area (TPSA) is 70.7 Å². The second-order valence-corrected chi connectivity index (χ2v) is 6.04. The van der Waals surface area contributed by atoms with Gasteiger partial charge in [-0.1, -0.05) is 12.1 Å². The lowest BCUT2D eigenvalue weighted by molar-refractivity contribution is -0.113. The average molecular weight is 298 g/mol. The molecule has 1 atom stereocenters. The second-order valence-electron chi connectivity index (χ2n) is 4.94. The minimum atomic E-state index is -0.0135. The maximum atomic E-state index is 11.9. The summed E-state index contributed by atoms with van der Waals surface area (Å²) in [6.07, 6.45) is 0. The standard InChI is InChI=1S/C15H14N4OS/c1-9-13-14(11-5-3-10(7-16)4-6-11)21-8-12(20)17-15(13)19(2)18-9/h3-6,14H,8H2,1-2H3,(H,17,20). The maximum Gasteiger partial charge on any atom is 0.235 e. The molecule has 6 heteroatoms. The van der Waals surface area contributed by atoms with Gasteiger partial charge in [0.1, 0.15) is 5.82 Å². The first kappa shape index (κ1) is 13.7. The number of hydrogen-bond acceptors (Lipinski definition) is 4.